The molecule has 2 heterocycles. The maximum atomic E-state index is 11.8. The van der Waals surface area contributed by atoms with Crippen molar-refractivity contribution in [3.05, 3.63) is 16.8 Å². The van der Waals surface area contributed by atoms with Gasteiger partial charge >= 0.3 is 12.0 Å². The van der Waals surface area contributed by atoms with E-state index in [-0.39, 0.29) is 6.03 Å². The van der Waals surface area contributed by atoms with Gasteiger partial charge in [0.2, 0.25) is 0 Å². The monoisotopic (exact) mass is 240 g/mol. The zero-order valence-electron chi connectivity index (χ0n) is 8.55. The zero-order chi connectivity index (χ0) is 11.5. The molecule has 6 heteroatoms. The molecule has 1 aliphatic rings. The summed E-state index contributed by atoms with van der Waals surface area (Å²) in [5.74, 6) is -0.932. The Morgan fingerprint density at radius 3 is 3.00 bits per heavy atom. The van der Waals surface area contributed by atoms with Crippen molar-refractivity contribution in [1.29, 1.82) is 0 Å². The maximum Gasteiger partial charge on any atom is 0.326 e. The van der Waals surface area contributed by atoms with E-state index >= 15 is 0 Å². The number of anilines is 1. The second-order valence-corrected chi connectivity index (χ2v) is 4.41. The Labute approximate surface area is 96.7 Å². The van der Waals surface area contributed by atoms with E-state index < -0.39 is 12.0 Å². The Bertz CT molecular complexity index is 391. The van der Waals surface area contributed by atoms with Gasteiger partial charge in [0.05, 0.1) is 5.69 Å². The van der Waals surface area contributed by atoms with Crippen LogP contribution < -0.4 is 5.32 Å². The van der Waals surface area contributed by atoms with Crippen LogP contribution in [0.2, 0.25) is 0 Å². The van der Waals surface area contributed by atoms with Crippen LogP contribution in [0.3, 0.4) is 0 Å². The van der Waals surface area contributed by atoms with E-state index in [2.05, 4.69) is 5.32 Å². The van der Waals surface area contributed by atoms with Crippen LogP contribution in [-0.4, -0.2) is 34.6 Å². The minimum absolute atomic E-state index is 0.330. The molecule has 0 bridgehead atoms. The highest BCUT2D eigenvalue weighted by atomic mass is 32.1. The number of nitrogens with zero attached hydrogens (tertiary/aromatic N) is 1. The number of carbonyl (C=O) groups excluding carboxylic acids is 1. The van der Waals surface area contributed by atoms with Crippen LogP contribution in [-0.2, 0) is 4.79 Å². The average molecular weight is 240 g/mol. The predicted octanol–water partition coefficient (Wildman–Crippen LogP) is 1.83. The van der Waals surface area contributed by atoms with Gasteiger partial charge in [0, 0.05) is 11.9 Å². The number of rotatable bonds is 2. The van der Waals surface area contributed by atoms with Crippen molar-refractivity contribution in [3.8, 4) is 0 Å². The molecule has 2 N–H and O–H groups in total. The molecule has 86 valence electrons. The summed E-state index contributed by atoms with van der Waals surface area (Å²) in [7, 11) is 0. The molecule has 5 nitrogen and oxygen atoms in total. The number of aliphatic carboxylic acids is 1. The van der Waals surface area contributed by atoms with Gasteiger partial charge in [-0.1, -0.05) is 0 Å². The number of urea groups is 1. The molecule has 1 unspecified atom stereocenters. The highest BCUT2D eigenvalue weighted by Crippen LogP contribution is 2.19. The summed E-state index contributed by atoms with van der Waals surface area (Å²) in [5, 5.41) is 15.3. The van der Waals surface area contributed by atoms with Crippen LogP contribution in [0.4, 0.5) is 10.5 Å². The number of nitrogens with one attached hydrogen (secondary N) is 1. The minimum Gasteiger partial charge on any atom is -0.480 e. The number of carboxylic acids is 1. The lowest BCUT2D eigenvalue weighted by molar-refractivity contribution is -0.141. The summed E-state index contributed by atoms with van der Waals surface area (Å²) in [6.45, 7) is 0.507. The summed E-state index contributed by atoms with van der Waals surface area (Å²) in [5.41, 5.74) is 0.714. The number of hydrogen-bond acceptors (Lipinski definition) is 3. The number of amides is 2. The second kappa shape index (κ2) is 4.52. The molecule has 0 aromatic carbocycles. The minimum atomic E-state index is -0.932. The first-order valence-electron chi connectivity index (χ1n) is 5.01. The molecule has 0 spiro atoms. The fourth-order valence-electron chi connectivity index (χ4n) is 1.80. The summed E-state index contributed by atoms with van der Waals surface area (Å²) in [6.07, 6.45) is 1.28. The third kappa shape index (κ3) is 2.16. The maximum absolute atomic E-state index is 11.8. The molecule has 2 amide bonds. The molecule has 0 saturated carbocycles. The van der Waals surface area contributed by atoms with Crippen molar-refractivity contribution in [2.24, 2.45) is 0 Å². The number of likely N-dealkylation sites (tertiary alicyclic amines) is 1. The van der Waals surface area contributed by atoms with Gasteiger partial charge in [0.15, 0.2) is 0 Å². The van der Waals surface area contributed by atoms with E-state index in [1.165, 1.54) is 16.2 Å². The standard InChI is InChI=1S/C10H12N2O3S/c13-9(14)8-2-1-4-12(8)10(15)11-7-3-5-16-6-7/h3,5-6,8H,1-2,4H2,(H,11,15)(H,13,14). The highest BCUT2D eigenvalue weighted by Gasteiger charge is 2.33. The molecule has 2 rings (SSSR count). The largest absolute Gasteiger partial charge is 0.480 e. The second-order valence-electron chi connectivity index (χ2n) is 3.63. The Hall–Kier alpha value is -1.56. The predicted molar refractivity (Wildman–Crippen MR) is 60.7 cm³/mol. The normalized spacial score (nSPS) is 19.8. The van der Waals surface area contributed by atoms with E-state index in [0.717, 1.165) is 6.42 Å². The van der Waals surface area contributed by atoms with E-state index in [0.29, 0.717) is 18.7 Å². The van der Waals surface area contributed by atoms with E-state index in [4.69, 9.17) is 5.11 Å². The van der Waals surface area contributed by atoms with Crippen molar-refractivity contribution in [3.63, 3.8) is 0 Å². The average Bonchev–Trinajstić information content (AvgIpc) is 2.86. The summed E-state index contributed by atoms with van der Waals surface area (Å²) in [4.78, 5) is 24.1. The lowest BCUT2D eigenvalue weighted by Gasteiger charge is -2.21. The van der Waals surface area contributed by atoms with Gasteiger partial charge in [0.25, 0.3) is 0 Å². The molecule has 16 heavy (non-hydrogen) atoms. The Morgan fingerprint density at radius 1 is 1.56 bits per heavy atom. The van der Waals surface area contributed by atoms with Gasteiger partial charge < -0.3 is 15.3 Å². The molecule has 0 radical (unpaired) electrons. The molecule has 1 aromatic heterocycles. The molecule has 1 aromatic rings. The van der Waals surface area contributed by atoms with Gasteiger partial charge in [0.1, 0.15) is 6.04 Å². The molecular weight excluding hydrogens is 228 g/mol. The first-order valence-corrected chi connectivity index (χ1v) is 5.95. The fourth-order valence-corrected chi connectivity index (χ4v) is 2.39. The molecule has 0 aliphatic carbocycles. The van der Waals surface area contributed by atoms with Crippen LogP contribution in [0.25, 0.3) is 0 Å². The smallest absolute Gasteiger partial charge is 0.326 e. The van der Waals surface area contributed by atoms with Gasteiger partial charge in [-0.15, -0.1) is 0 Å². The first-order chi connectivity index (χ1) is 7.68. The van der Waals surface area contributed by atoms with Gasteiger partial charge in [-0.25, -0.2) is 9.59 Å². The van der Waals surface area contributed by atoms with Crippen LogP contribution in [0, 0.1) is 0 Å². The van der Waals surface area contributed by atoms with Crippen LogP contribution in [0.15, 0.2) is 16.8 Å². The van der Waals surface area contributed by atoms with Crippen molar-refractivity contribution < 1.29 is 14.7 Å². The quantitative estimate of drug-likeness (QED) is 0.828. The van der Waals surface area contributed by atoms with Crippen molar-refractivity contribution in [2.75, 3.05) is 11.9 Å². The number of carbonyl (C=O) groups is 2. The van der Waals surface area contributed by atoms with Gasteiger partial charge in [-0.2, -0.15) is 11.3 Å². The fraction of sp³-hybridized carbons (Fsp3) is 0.400. The van der Waals surface area contributed by atoms with Gasteiger partial charge in [-0.05, 0) is 24.3 Å². The summed E-state index contributed by atoms with van der Waals surface area (Å²) >= 11 is 1.48. The molecule has 1 aliphatic heterocycles. The molecule has 1 atom stereocenters. The topological polar surface area (TPSA) is 69.6 Å². The van der Waals surface area contributed by atoms with E-state index in [1.807, 2.05) is 10.8 Å². The third-order valence-electron chi connectivity index (χ3n) is 2.57. The van der Waals surface area contributed by atoms with Crippen molar-refractivity contribution in [2.45, 2.75) is 18.9 Å². The van der Waals surface area contributed by atoms with Crippen molar-refractivity contribution in [1.82, 2.24) is 4.90 Å². The third-order valence-corrected chi connectivity index (χ3v) is 3.25. The lowest BCUT2D eigenvalue weighted by Crippen LogP contribution is -2.42. The summed E-state index contributed by atoms with van der Waals surface area (Å²) < 4.78 is 0. The first kappa shape index (κ1) is 10.9. The van der Waals surface area contributed by atoms with Gasteiger partial charge in [-0.3, -0.25) is 0 Å². The lowest BCUT2D eigenvalue weighted by atomic mass is 10.2. The van der Waals surface area contributed by atoms with Crippen LogP contribution in [0.1, 0.15) is 12.8 Å². The van der Waals surface area contributed by atoms with E-state index in [9.17, 15) is 9.59 Å². The molecular formula is C10H12N2O3S. The Balaban J connectivity index is 2.01. The summed E-state index contributed by atoms with van der Waals surface area (Å²) in [6, 6.07) is 0.774. The van der Waals surface area contributed by atoms with Crippen molar-refractivity contribution >= 4 is 29.0 Å². The molecule has 1 fully saturated rings. The Kier molecular flexibility index (Phi) is 3.09. The van der Waals surface area contributed by atoms with Crippen LogP contribution >= 0.6 is 11.3 Å². The zero-order valence-corrected chi connectivity index (χ0v) is 9.37. The molecule has 1 saturated heterocycles. The number of hydrogen-bond donors (Lipinski definition) is 2. The number of carboxylic acid groups (broad SMARTS) is 1. The Morgan fingerprint density at radius 2 is 2.38 bits per heavy atom. The SMILES string of the molecule is O=C(O)C1CCCN1C(=O)Nc1ccsc1. The van der Waals surface area contributed by atoms with E-state index in [1.54, 1.807) is 6.07 Å². The van der Waals surface area contributed by atoms with Crippen LogP contribution in [0.5, 0.6) is 0 Å². The number of thiophene rings is 1. The highest BCUT2D eigenvalue weighted by molar-refractivity contribution is 7.08.